The Kier molecular flexibility index (Phi) is 2.24. The molecule has 1 atom stereocenters. The lowest BCUT2D eigenvalue weighted by Gasteiger charge is -2.07. The number of rotatable bonds is 1. The molecule has 0 aliphatic carbocycles. The maximum absolute atomic E-state index is 10.9. The summed E-state index contributed by atoms with van der Waals surface area (Å²) in [5.74, 6) is 0. The van der Waals surface area contributed by atoms with Crippen LogP contribution < -0.4 is 0 Å². The Morgan fingerprint density at radius 1 is 1.50 bits per heavy atom. The van der Waals surface area contributed by atoms with Gasteiger partial charge in [-0.15, -0.1) is 13.2 Å². The average Bonchev–Trinajstić information content (AvgIpc) is 1.21. The van der Waals surface area contributed by atoms with Crippen molar-refractivity contribution in [3.8, 4) is 0 Å². The molecular weight excluding hydrogens is 125 g/mol. The van der Waals surface area contributed by atoms with Gasteiger partial charge in [0.1, 0.15) is 0 Å². The average molecular weight is 129 g/mol. The van der Waals surface area contributed by atoms with Crippen LogP contribution in [0.3, 0.4) is 0 Å². The molecule has 49 valence electrons. The number of aliphatic hydroxyl groups is 1. The van der Waals surface area contributed by atoms with Crippen LogP contribution in [0.5, 0.6) is 0 Å². The second kappa shape index (κ2) is 2.32. The number of aliphatic hydroxyl groups excluding tert-OH is 1. The Hall–Kier alpha value is -0.290. The standard InChI is InChI=1S/C3H4F3O2/c1-2(7)8-3(4,5)6/h2,7H,1H2. The number of hydrogen-bond acceptors (Lipinski definition) is 2. The van der Waals surface area contributed by atoms with E-state index >= 15 is 0 Å². The van der Waals surface area contributed by atoms with Crippen LogP contribution in [0.1, 0.15) is 0 Å². The predicted molar refractivity (Wildman–Crippen MR) is 18.5 cm³/mol. The Labute approximate surface area is 43.9 Å². The van der Waals surface area contributed by atoms with Crippen LogP contribution in [0.15, 0.2) is 0 Å². The van der Waals surface area contributed by atoms with Gasteiger partial charge in [-0.3, -0.25) is 4.74 Å². The number of hydrogen-bond donors (Lipinski definition) is 1. The number of ether oxygens (including phenoxy) is 1. The van der Waals surface area contributed by atoms with Crippen molar-refractivity contribution < 1.29 is 23.0 Å². The first-order valence-electron chi connectivity index (χ1n) is 1.67. The molecule has 0 aliphatic rings. The fourth-order valence-electron chi connectivity index (χ4n) is 0.154. The van der Waals surface area contributed by atoms with Crippen LogP contribution in [0.25, 0.3) is 0 Å². The summed E-state index contributed by atoms with van der Waals surface area (Å²) >= 11 is 0. The minimum absolute atomic E-state index is 2.03. The molecule has 0 aromatic heterocycles. The zero-order valence-corrected chi connectivity index (χ0v) is 3.77. The Bertz CT molecular complexity index is 67.4. The number of alkyl halides is 3. The van der Waals surface area contributed by atoms with Crippen LogP contribution in [-0.4, -0.2) is 17.8 Å². The molecule has 0 aromatic carbocycles. The van der Waals surface area contributed by atoms with Gasteiger partial charge < -0.3 is 5.11 Å². The van der Waals surface area contributed by atoms with Gasteiger partial charge in [-0.2, -0.15) is 0 Å². The summed E-state index contributed by atoms with van der Waals surface area (Å²) < 4.78 is 35.5. The highest BCUT2D eigenvalue weighted by molar-refractivity contribution is 4.39. The minimum Gasteiger partial charge on any atom is -0.368 e. The Morgan fingerprint density at radius 3 is 1.88 bits per heavy atom. The van der Waals surface area contributed by atoms with Gasteiger partial charge in [0.05, 0.1) is 0 Å². The van der Waals surface area contributed by atoms with Crippen molar-refractivity contribution in [2.75, 3.05) is 0 Å². The molecule has 0 saturated heterocycles. The Balaban J connectivity index is 3.39. The van der Waals surface area contributed by atoms with Gasteiger partial charge in [-0.25, -0.2) is 0 Å². The molecule has 0 bridgehead atoms. The maximum Gasteiger partial charge on any atom is 0.524 e. The molecular formula is C3H4F3O2. The van der Waals surface area contributed by atoms with E-state index in [-0.39, 0.29) is 0 Å². The van der Waals surface area contributed by atoms with Crippen molar-refractivity contribution in [2.24, 2.45) is 0 Å². The van der Waals surface area contributed by atoms with Crippen LogP contribution in [0, 0.1) is 6.92 Å². The molecule has 1 unspecified atom stereocenters. The quantitative estimate of drug-likeness (QED) is 0.527. The van der Waals surface area contributed by atoms with E-state index in [2.05, 4.69) is 11.7 Å². The second-order valence-electron chi connectivity index (χ2n) is 1.02. The maximum atomic E-state index is 10.9. The van der Waals surface area contributed by atoms with Crippen LogP contribution in [0.2, 0.25) is 0 Å². The number of halogens is 3. The predicted octanol–water partition coefficient (Wildman–Crippen LogP) is 0.675. The molecule has 0 aliphatic heterocycles. The molecule has 0 heterocycles. The highest BCUT2D eigenvalue weighted by Gasteiger charge is 2.31. The first kappa shape index (κ1) is 7.71. The first-order chi connectivity index (χ1) is 3.42. The van der Waals surface area contributed by atoms with Crippen LogP contribution >= 0.6 is 0 Å². The molecule has 5 heteroatoms. The fourth-order valence-corrected chi connectivity index (χ4v) is 0.154. The van der Waals surface area contributed by atoms with Crippen molar-refractivity contribution in [3.05, 3.63) is 6.92 Å². The third kappa shape index (κ3) is 5.71. The van der Waals surface area contributed by atoms with Crippen molar-refractivity contribution in [3.63, 3.8) is 0 Å². The molecule has 2 nitrogen and oxygen atoms in total. The molecule has 0 saturated carbocycles. The van der Waals surface area contributed by atoms with Gasteiger partial charge >= 0.3 is 6.36 Å². The Morgan fingerprint density at radius 2 is 1.88 bits per heavy atom. The summed E-state index contributed by atoms with van der Waals surface area (Å²) in [6, 6.07) is 0. The van der Waals surface area contributed by atoms with E-state index in [0.29, 0.717) is 0 Å². The van der Waals surface area contributed by atoms with Crippen LogP contribution in [-0.2, 0) is 4.74 Å². The SMILES string of the molecule is [CH2]C(O)OC(F)(F)F. The van der Waals surface area contributed by atoms with Crippen molar-refractivity contribution >= 4 is 0 Å². The van der Waals surface area contributed by atoms with Gasteiger partial charge in [-0.05, 0) is 0 Å². The topological polar surface area (TPSA) is 29.5 Å². The van der Waals surface area contributed by atoms with Gasteiger partial charge in [0.2, 0.25) is 0 Å². The van der Waals surface area contributed by atoms with Gasteiger partial charge in [-0.1, -0.05) is 0 Å². The fraction of sp³-hybridized carbons (Fsp3) is 0.667. The van der Waals surface area contributed by atoms with Gasteiger partial charge in [0, 0.05) is 6.92 Å². The summed E-state index contributed by atoms with van der Waals surface area (Å²) in [7, 11) is 0. The molecule has 8 heavy (non-hydrogen) atoms. The van der Waals surface area contributed by atoms with E-state index in [0.717, 1.165) is 0 Å². The summed E-state index contributed by atoms with van der Waals surface area (Å²) in [4.78, 5) is 0. The lowest BCUT2D eigenvalue weighted by atomic mass is 10.8. The molecule has 1 N–H and O–H groups in total. The summed E-state index contributed by atoms with van der Waals surface area (Å²) in [5, 5.41) is 7.83. The normalized spacial score (nSPS) is 16.1. The largest absolute Gasteiger partial charge is 0.524 e. The first-order valence-corrected chi connectivity index (χ1v) is 1.67. The molecule has 0 spiro atoms. The van der Waals surface area contributed by atoms with Crippen molar-refractivity contribution in [1.29, 1.82) is 0 Å². The smallest absolute Gasteiger partial charge is 0.368 e. The third-order valence-electron chi connectivity index (χ3n) is 0.270. The lowest BCUT2D eigenvalue weighted by Crippen LogP contribution is -2.20. The van der Waals surface area contributed by atoms with E-state index in [4.69, 9.17) is 5.11 Å². The van der Waals surface area contributed by atoms with Gasteiger partial charge in [0.15, 0.2) is 6.29 Å². The van der Waals surface area contributed by atoms with E-state index in [1.165, 1.54) is 0 Å². The third-order valence-corrected chi connectivity index (χ3v) is 0.270. The molecule has 1 radical (unpaired) electrons. The van der Waals surface area contributed by atoms with E-state index in [1.54, 1.807) is 0 Å². The molecule has 0 amide bonds. The molecule has 0 fully saturated rings. The zero-order chi connectivity index (χ0) is 6.78. The lowest BCUT2D eigenvalue weighted by molar-refractivity contribution is -0.363. The van der Waals surface area contributed by atoms with E-state index < -0.39 is 12.7 Å². The summed E-state index contributed by atoms with van der Waals surface area (Å²) in [5.41, 5.74) is 0. The zero-order valence-electron chi connectivity index (χ0n) is 3.77. The minimum atomic E-state index is -4.79. The second-order valence-corrected chi connectivity index (χ2v) is 1.02. The summed E-state index contributed by atoms with van der Waals surface area (Å²) in [6.45, 7) is 2.54. The summed E-state index contributed by atoms with van der Waals surface area (Å²) in [6.07, 6.45) is -6.82. The molecule has 0 rings (SSSR count). The monoisotopic (exact) mass is 129 g/mol. The van der Waals surface area contributed by atoms with Gasteiger partial charge in [0.25, 0.3) is 0 Å². The highest BCUT2D eigenvalue weighted by Crippen LogP contribution is 2.16. The molecule has 0 aromatic rings. The highest BCUT2D eigenvalue weighted by atomic mass is 19.4. The van der Waals surface area contributed by atoms with Crippen molar-refractivity contribution in [1.82, 2.24) is 0 Å². The van der Waals surface area contributed by atoms with E-state index in [9.17, 15) is 13.2 Å². The van der Waals surface area contributed by atoms with Crippen LogP contribution in [0.4, 0.5) is 13.2 Å². The van der Waals surface area contributed by atoms with E-state index in [1.807, 2.05) is 0 Å². The van der Waals surface area contributed by atoms with Crippen molar-refractivity contribution in [2.45, 2.75) is 12.7 Å².